The number of ether oxygens (including phenoxy) is 1. The fraction of sp³-hybridized carbons (Fsp3) is 0.312. The van der Waals surface area contributed by atoms with E-state index in [0.717, 1.165) is 18.1 Å². The highest BCUT2D eigenvalue weighted by Gasteiger charge is 2.07. The van der Waals surface area contributed by atoms with Crippen LogP contribution in [0.25, 0.3) is 0 Å². The Balaban J connectivity index is 1.81. The van der Waals surface area contributed by atoms with Crippen molar-refractivity contribution in [1.29, 1.82) is 0 Å². The van der Waals surface area contributed by atoms with E-state index in [-0.39, 0.29) is 18.3 Å². The molecule has 1 aromatic heterocycles. The van der Waals surface area contributed by atoms with Crippen molar-refractivity contribution in [2.24, 2.45) is 5.73 Å². The Morgan fingerprint density at radius 3 is 2.82 bits per heavy atom. The van der Waals surface area contributed by atoms with Crippen LogP contribution in [-0.4, -0.2) is 24.2 Å². The standard InChI is InChI=1S/C16H19F2N3O/c1-2-11-5-14(9-20-7-11)22-10-13(19)8-21-16-4-3-12(17)6-15(16)18/h3-7,9,13,21H,2,8,10,19H2,1H3/t13-/m0/s1. The molecule has 0 radical (unpaired) electrons. The molecule has 0 unspecified atom stereocenters. The Kier molecular flexibility index (Phi) is 5.66. The third kappa shape index (κ3) is 4.66. The van der Waals surface area contributed by atoms with Crippen molar-refractivity contribution in [3.8, 4) is 5.75 Å². The maximum absolute atomic E-state index is 13.5. The van der Waals surface area contributed by atoms with Gasteiger partial charge in [0.2, 0.25) is 0 Å². The molecule has 1 atom stereocenters. The summed E-state index contributed by atoms with van der Waals surface area (Å²) in [5.41, 5.74) is 7.21. The van der Waals surface area contributed by atoms with Crippen LogP contribution in [-0.2, 0) is 6.42 Å². The summed E-state index contributed by atoms with van der Waals surface area (Å²) in [6.45, 7) is 2.61. The van der Waals surface area contributed by atoms with E-state index < -0.39 is 11.6 Å². The van der Waals surface area contributed by atoms with Crippen LogP contribution < -0.4 is 15.8 Å². The van der Waals surface area contributed by atoms with Crippen LogP contribution in [0.2, 0.25) is 0 Å². The number of halogens is 2. The molecule has 6 heteroatoms. The molecule has 0 aliphatic heterocycles. The van der Waals surface area contributed by atoms with Gasteiger partial charge >= 0.3 is 0 Å². The zero-order valence-electron chi connectivity index (χ0n) is 12.4. The molecule has 1 aromatic carbocycles. The molecule has 0 saturated carbocycles. The number of aromatic nitrogens is 1. The second-order valence-electron chi connectivity index (χ2n) is 4.96. The molecule has 2 aromatic rings. The lowest BCUT2D eigenvalue weighted by Crippen LogP contribution is -2.35. The van der Waals surface area contributed by atoms with Crippen molar-refractivity contribution in [1.82, 2.24) is 4.98 Å². The van der Waals surface area contributed by atoms with Crippen LogP contribution in [0.3, 0.4) is 0 Å². The first-order valence-electron chi connectivity index (χ1n) is 7.09. The lowest BCUT2D eigenvalue weighted by Gasteiger charge is -2.15. The monoisotopic (exact) mass is 307 g/mol. The molecule has 0 aliphatic carbocycles. The van der Waals surface area contributed by atoms with E-state index in [1.807, 2.05) is 13.0 Å². The van der Waals surface area contributed by atoms with Gasteiger partial charge in [0.1, 0.15) is 24.0 Å². The SMILES string of the molecule is CCc1cncc(OC[C@@H](N)CNc2ccc(F)cc2F)c1. The third-order valence-electron chi connectivity index (χ3n) is 3.13. The zero-order valence-corrected chi connectivity index (χ0v) is 12.4. The first-order chi connectivity index (χ1) is 10.6. The van der Waals surface area contributed by atoms with Gasteiger partial charge in [-0.05, 0) is 30.2 Å². The molecule has 1 heterocycles. The Morgan fingerprint density at radius 1 is 1.27 bits per heavy atom. The summed E-state index contributed by atoms with van der Waals surface area (Å²) >= 11 is 0. The van der Waals surface area contributed by atoms with Gasteiger partial charge in [-0.1, -0.05) is 6.92 Å². The molecule has 118 valence electrons. The number of benzene rings is 1. The summed E-state index contributed by atoms with van der Waals surface area (Å²) in [6.07, 6.45) is 4.28. The average Bonchev–Trinajstić information content (AvgIpc) is 2.52. The molecule has 22 heavy (non-hydrogen) atoms. The first kappa shape index (κ1) is 16.2. The molecule has 0 amide bonds. The molecule has 0 fully saturated rings. The van der Waals surface area contributed by atoms with Crippen molar-refractivity contribution in [2.75, 3.05) is 18.5 Å². The van der Waals surface area contributed by atoms with Gasteiger partial charge < -0.3 is 15.8 Å². The molecular weight excluding hydrogens is 288 g/mol. The normalized spacial score (nSPS) is 12.0. The molecule has 4 nitrogen and oxygen atoms in total. The van der Waals surface area contributed by atoms with Crippen LogP contribution in [0.1, 0.15) is 12.5 Å². The minimum absolute atomic E-state index is 0.214. The Morgan fingerprint density at radius 2 is 2.09 bits per heavy atom. The Hall–Kier alpha value is -2.21. The van der Waals surface area contributed by atoms with Gasteiger partial charge in [0.25, 0.3) is 0 Å². The second kappa shape index (κ2) is 7.70. The Labute approximate surface area is 128 Å². The smallest absolute Gasteiger partial charge is 0.149 e. The number of nitrogens with two attached hydrogens (primary N) is 1. The fourth-order valence-corrected chi connectivity index (χ4v) is 1.87. The van der Waals surface area contributed by atoms with Crippen LogP contribution in [0.15, 0.2) is 36.7 Å². The Bertz CT molecular complexity index is 622. The summed E-state index contributed by atoms with van der Waals surface area (Å²) in [6, 6.07) is 4.93. The first-order valence-corrected chi connectivity index (χ1v) is 7.09. The van der Waals surface area contributed by atoms with E-state index in [4.69, 9.17) is 10.5 Å². The number of pyridine rings is 1. The summed E-state index contributed by atoms with van der Waals surface area (Å²) in [5, 5.41) is 2.84. The minimum atomic E-state index is -0.645. The predicted molar refractivity (Wildman–Crippen MR) is 81.9 cm³/mol. The lowest BCUT2D eigenvalue weighted by atomic mass is 10.2. The number of nitrogens with one attached hydrogen (secondary N) is 1. The van der Waals surface area contributed by atoms with Crippen LogP contribution in [0, 0.1) is 11.6 Å². The van der Waals surface area contributed by atoms with E-state index in [0.29, 0.717) is 12.3 Å². The van der Waals surface area contributed by atoms with Crippen LogP contribution >= 0.6 is 0 Å². The average molecular weight is 307 g/mol. The lowest BCUT2D eigenvalue weighted by molar-refractivity contribution is 0.291. The molecule has 0 saturated heterocycles. The molecule has 0 bridgehead atoms. The highest BCUT2D eigenvalue weighted by atomic mass is 19.1. The zero-order chi connectivity index (χ0) is 15.9. The van der Waals surface area contributed by atoms with Gasteiger partial charge in [0.15, 0.2) is 0 Å². The fourth-order valence-electron chi connectivity index (χ4n) is 1.87. The van der Waals surface area contributed by atoms with Crippen molar-refractivity contribution in [3.05, 3.63) is 53.9 Å². The minimum Gasteiger partial charge on any atom is -0.490 e. The molecule has 0 spiro atoms. The van der Waals surface area contributed by atoms with E-state index >= 15 is 0 Å². The van der Waals surface area contributed by atoms with Crippen LogP contribution in [0.5, 0.6) is 5.75 Å². The molecular formula is C16H19F2N3O. The third-order valence-corrected chi connectivity index (χ3v) is 3.13. The van der Waals surface area contributed by atoms with Crippen molar-refractivity contribution >= 4 is 5.69 Å². The summed E-state index contributed by atoms with van der Waals surface area (Å²) in [5.74, 6) is -0.602. The van der Waals surface area contributed by atoms with Crippen molar-refractivity contribution in [2.45, 2.75) is 19.4 Å². The summed E-state index contributed by atoms with van der Waals surface area (Å²) < 4.78 is 31.8. The number of aryl methyl sites for hydroxylation is 1. The molecule has 2 rings (SSSR count). The number of nitrogens with zero attached hydrogens (tertiary/aromatic N) is 1. The van der Waals surface area contributed by atoms with Gasteiger partial charge in [-0.25, -0.2) is 8.78 Å². The van der Waals surface area contributed by atoms with Gasteiger partial charge in [-0.15, -0.1) is 0 Å². The number of rotatable bonds is 7. The van der Waals surface area contributed by atoms with Gasteiger partial charge in [0, 0.05) is 18.8 Å². The second-order valence-corrected chi connectivity index (χ2v) is 4.96. The van der Waals surface area contributed by atoms with E-state index in [1.54, 1.807) is 12.4 Å². The molecule has 0 aliphatic rings. The van der Waals surface area contributed by atoms with E-state index in [2.05, 4.69) is 10.3 Å². The highest BCUT2D eigenvalue weighted by molar-refractivity contribution is 5.44. The summed E-state index contributed by atoms with van der Waals surface area (Å²) in [4.78, 5) is 4.08. The summed E-state index contributed by atoms with van der Waals surface area (Å²) in [7, 11) is 0. The predicted octanol–water partition coefficient (Wildman–Crippen LogP) is 2.74. The van der Waals surface area contributed by atoms with Crippen LogP contribution in [0.4, 0.5) is 14.5 Å². The van der Waals surface area contributed by atoms with E-state index in [1.165, 1.54) is 12.1 Å². The number of hydrogen-bond acceptors (Lipinski definition) is 4. The highest BCUT2D eigenvalue weighted by Crippen LogP contribution is 2.15. The van der Waals surface area contributed by atoms with Gasteiger partial charge in [0.05, 0.1) is 17.9 Å². The van der Waals surface area contributed by atoms with Crippen molar-refractivity contribution in [3.63, 3.8) is 0 Å². The number of anilines is 1. The quantitative estimate of drug-likeness (QED) is 0.826. The largest absolute Gasteiger partial charge is 0.490 e. The van der Waals surface area contributed by atoms with Crippen molar-refractivity contribution < 1.29 is 13.5 Å². The maximum atomic E-state index is 13.5. The molecule has 3 N–H and O–H groups in total. The van der Waals surface area contributed by atoms with E-state index in [9.17, 15) is 8.78 Å². The van der Waals surface area contributed by atoms with Gasteiger partial charge in [-0.3, -0.25) is 4.98 Å². The maximum Gasteiger partial charge on any atom is 0.149 e. The number of hydrogen-bond donors (Lipinski definition) is 2. The van der Waals surface area contributed by atoms with Gasteiger partial charge in [-0.2, -0.15) is 0 Å². The topological polar surface area (TPSA) is 60.2 Å².